The third-order valence-corrected chi connectivity index (χ3v) is 4.82. The molecule has 11 heteroatoms. The molecule has 0 amide bonds. The second-order valence-corrected chi connectivity index (χ2v) is 7.01. The van der Waals surface area contributed by atoms with Gasteiger partial charge in [-0.15, -0.1) is 12.4 Å². The van der Waals surface area contributed by atoms with Crippen molar-refractivity contribution in [2.45, 2.75) is 18.5 Å². The van der Waals surface area contributed by atoms with Gasteiger partial charge in [0.05, 0.1) is 22.6 Å². The van der Waals surface area contributed by atoms with Gasteiger partial charge in [-0.1, -0.05) is 12.1 Å². The van der Waals surface area contributed by atoms with E-state index in [1.165, 1.54) is 11.9 Å². The molecule has 1 aliphatic heterocycles. The Balaban J connectivity index is 0.00000480. The smallest absolute Gasteiger partial charge is 0.416 e. The molecule has 1 heterocycles. The largest absolute Gasteiger partial charge is 0.478 e. The van der Waals surface area contributed by atoms with Gasteiger partial charge in [-0.3, -0.25) is 0 Å². The van der Waals surface area contributed by atoms with E-state index in [9.17, 15) is 38.2 Å². The molecule has 2 rings (SSSR count). The molecule has 1 atom stereocenters. The molecule has 0 spiro atoms. The van der Waals surface area contributed by atoms with Crippen LogP contribution in [0.5, 0.6) is 0 Å². The first-order chi connectivity index (χ1) is 13.9. The number of aliphatic carboxylic acids is 2. The van der Waals surface area contributed by atoms with Crippen LogP contribution in [0.4, 0.5) is 13.2 Å². The number of nitriles is 1. The van der Waals surface area contributed by atoms with Crippen molar-refractivity contribution in [1.82, 2.24) is 9.80 Å². The summed E-state index contributed by atoms with van der Waals surface area (Å²) in [6.07, 6.45) is -4.41. The molecule has 0 saturated carbocycles. The Hall–Kier alpha value is -3.03. The van der Waals surface area contributed by atoms with Gasteiger partial charge in [0.2, 0.25) is 0 Å². The molecule has 1 unspecified atom stereocenters. The fourth-order valence-corrected chi connectivity index (χ4v) is 3.38. The Morgan fingerprint density at radius 2 is 1.65 bits per heavy atom. The van der Waals surface area contributed by atoms with Crippen LogP contribution in [0, 0.1) is 11.3 Å². The van der Waals surface area contributed by atoms with Crippen LogP contribution in [0.2, 0.25) is 0 Å². The Kier molecular flexibility index (Phi) is 8.26. The number of nitrogens with zero attached hydrogens (tertiary/aromatic N) is 3. The number of benzene rings is 1. The van der Waals surface area contributed by atoms with E-state index in [0.717, 1.165) is 24.3 Å². The summed E-state index contributed by atoms with van der Waals surface area (Å²) < 4.78 is 38.7. The van der Waals surface area contributed by atoms with E-state index in [1.54, 1.807) is 25.1 Å². The maximum absolute atomic E-state index is 12.9. The molecular formula is C20H21ClF3N3O4. The van der Waals surface area contributed by atoms with Gasteiger partial charge < -0.3 is 20.0 Å². The molecule has 0 bridgehead atoms. The van der Waals surface area contributed by atoms with E-state index in [2.05, 4.69) is 0 Å². The normalized spacial score (nSPS) is 16.8. The molecule has 7 nitrogen and oxygen atoms in total. The molecule has 0 saturated heterocycles. The molecule has 1 aromatic carbocycles. The molecule has 0 aliphatic carbocycles. The van der Waals surface area contributed by atoms with Crippen molar-refractivity contribution in [3.05, 3.63) is 57.9 Å². The van der Waals surface area contributed by atoms with Crippen LogP contribution < -0.4 is 0 Å². The number of carboxylic acid groups (broad SMARTS) is 2. The third-order valence-electron chi connectivity index (χ3n) is 4.82. The van der Waals surface area contributed by atoms with Gasteiger partial charge in [0.15, 0.2) is 0 Å². The summed E-state index contributed by atoms with van der Waals surface area (Å²) in [4.78, 5) is 27.2. The number of hydrogen-bond acceptors (Lipinski definition) is 5. The minimum atomic E-state index is -4.60. The van der Waals surface area contributed by atoms with Gasteiger partial charge in [0.1, 0.15) is 11.8 Å². The molecule has 0 fully saturated rings. The highest BCUT2D eigenvalue weighted by molar-refractivity contribution is 5.99. The zero-order valence-corrected chi connectivity index (χ0v) is 17.7. The zero-order valence-electron chi connectivity index (χ0n) is 16.9. The first-order valence-electron chi connectivity index (χ1n) is 8.79. The minimum Gasteiger partial charge on any atom is -0.478 e. The Bertz CT molecular complexity index is 963. The number of allylic oxidation sites excluding steroid dienone is 1. The van der Waals surface area contributed by atoms with Gasteiger partial charge >= 0.3 is 18.1 Å². The molecule has 2 N–H and O–H groups in total. The van der Waals surface area contributed by atoms with Crippen molar-refractivity contribution < 1.29 is 33.0 Å². The molecule has 168 valence electrons. The van der Waals surface area contributed by atoms with E-state index in [4.69, 9.17) is 0 Å². The number of carboxylic acids is 2. The van der Waals surface area contributed by atoms with E-state index in [-0.39, 0.29) is 41.4 Å². The fourth-order valence-electron chi connectivity index (χ4n) is 3.38. The van der Waals surface area contributed by atoms with Gasteiger partial charge in [-0.2, -0.15) is 18.4 Å². The Morgan fingerprint density at radius 3 is 2.03 bits per heavy atom. The second-order valence-electron chi connectivity index (χ2n) is 7.01. The highest BCUT2D eigenvalue weighted by Crippen LogP contribution is 2.43. The number of rotatable bonds is 6. The standard InChI is InChI=1S/C20H20F3N3O4.ClH/c1-25(2)9-8-13-16(18(27)28)15(17(19(29)30)14(10-24)26(13)3)11-4-6-12(7-5-11)20(21,22)23;/h4-7,15H,8-9H2,1-3H3,(H,27,28)(H,29,30);1H. The topological polar surface area (TPSA) is 105 Å². The molecule has 1 aromatic rings. The first-order valence-corrected chi connectivity index (χ1v) is 8.79. The summed E-state index contributed by atoms with van der Waals surface area (Å²) in [6, 6.07) is 5.42. The zero-order chi connectivity index (χ0) is 22.8. The van der Waals surface area contributed by atoms with Crippen LogP contribution in [-0.2, 0) is 15.8 Å². The third kappa shape index (κ3) is 5.37. The van der Waals surface area contributed by atoms with Gasteiger partial charge in [0.25, 0.3) is 0 Å². The van der Waals surface area contributed by atoms with Gasteiger partial charge in [-0.05, 0) is 31.8 Å². The van der Waals surface area contributed by atoms with E-state index < -0.39 is 35.2 Å². The number of carbonyl (C=O) groups is 2. The highest BCUT2D eigenvalue weighted by atomic mass is 35.5. The second kappa shape index (κ2) is 9.85. The predicted octanol–water partition coefficient (Wildman–Crippen LogP) is 3.31. The van der Waals surface area contributed by atoms with Crippen LogP contribution in [0.25, 0.3) is 0 Å². The lowest BCUT2D eigenvalue weighted by Gasteiger charge is -2.35. The summed E-state index contributed by atoms with van der Waals surface area (Å²) in [5.74, 6) is -4.32. The van der Waals surface area contributed by atoms with E-state index in [1.807, 2.05) is 0 Å². The van der Waals surface area contributed by atoms with Crippen molar-refractivity contribution in [2.75, 3.05) is 27.7 Å². The number of hydrogen-bond donors (Lipinski definition) is 2. The SMILES string of the molecule is CN(C)CCC1=C(C(=O)O)C(c2ccc(C(F)(F)F)cc2)C(C(=O)O)=C(C#N)N1C.Cl. The van der Waals surface area contributed by atoms with E-state index in [0.29, 0.717) is 6.54 Å². The summed E-state index contributed by atoms with van der Waals surface area (Å²) in [5.41, 5.74) is -1.72. The number of alkyl halides is 3. The maximum atomic E-state index is 12.9. The average molecular weight is 460 g/mol. The Labute approximate surface area is 183 Å². The summed E-state index contributed by atoms with van der Waals surface area (Å²) in [5, 5.41) is 29.2. The van der Waals surface area contributed by atoms with Crippen molar-refractivity contribution in [2.24, 2.45) is 0 Å². The lowest BCUT2D eigenvalue weighted by atomic mass is 9.79. The Morgan fingerprint density at radius 1 is 1.13 bits per heavy atom. The maximum Gasteiger partial charge on any atom is 0.416 e. The summed E-state index contributed by atoms with van der Waals surface area (Å²) >= 11 is 0. The lowest BCUT2D eigenvalue weighted by molar-refractivity contribution is -0.138. The minimum absolute atomic E-state index is 0. The van der Waals surface area contributed by atoms with Gasteiger partial charge in [0, 0.05) is 25.7 Å². The summed E-state index contributed by atoms with van der Waals surface area (Å²) in [7, 11) is 4.93. The monoisotopic (exact) mass is 459 g/mol. The van der Waals surface area contributed by atoms with Crippen LogP contribution >= 0.6 is 12.4 Å². The number of halogens is 4. The molecule has 1 aliphatic rings. The average Bonchev–Trinajstić information content (AvgIpc) is 2.64. The molecule has 0 aromatic heterocycles. The van der Waals surface area contributed by atoms with Crippen LogP contribution in [0.15, 0.2) is 46.8 Å². The molecular weight excluding hydrogens is 439 g/mol. The van der Waals surface area contributed by atoms with Crippen molar-refractivity contribution in [1.29, 1.82) is 5.26 Å². The first kappa shape index (κ1) is 26.0. The lowest BCUT2D eigenvalue weighted by Crippen LogP contribution is -2.34. The molecule has 31 heavy (non-hydrogen) atoms. The van der Waals surface area contributed by atoms with Crippen molar-refractivity contribution >= 4 is 24.3 Å². The highest BCUT2D eigenvalue weighted by Gasteiger charge is 2.41. The van der Waals surface area contributed by atoms with Crippen LogP contribution in [0.3, 0.4) is 0 Å². The van der Waals surface area contributed by atoms with Crippen LogP contribution in [-0.4, -0.2) is 59.6 Å². The fraction of sp³-hybridized carbons (Fsp3) is 0.350. The van der Waals surface area contributed by atoms with Crippen LogP contribution in [0.1, 0.15) is 23.5 Å². The van der Waals surface area contributed by atoms with Crippen molar-refractivity contribution in [3.63, 3.8) is 0 Å². The quantitative estimate of drug-likeness (QED) is 0.672. The summed E-state index contributed by atoms with van der Waals surface area (Å²) in [6.45, 7) is 0.414. The van der Waals surface area contributed by atoms with Crippen molar-refractivity contribution in [3.8, 4) is 6.07 Å². The van der Waals surface area contributed by atoms with E-state index >= 15 is 0 Å². The van der Waals surface area contributed by atoms with Gasteiger partial charge in [-0.25, -0.2) is 9.59 Å². The predicted molar refractivity (Wildman–Crippen MR) is 107 cm³/mol. The molecule has 0 radical (unpaired) electrons.